The van der Waals surface area contributed by atoms with Gasteiger partial charge in [-0.05, 0) is 46.0 Å². The number of hydrogen-bond acceptors (Lipinski definition) is 2. The maximum absolute atomic E-state index is 9.75. The SMILES string of the molecule is CC(C)N(C)C(C)c1cc(Cl)ccc1O. The van der Waals surface area contributed by atoms with Crippen LogP contribution in [0.5, 0.6) is 5.75 Å². The second-order valence-electron chi connectivity index (χ2n) is 4.14. The number of nitrogens with zero attached hydrogens (tertiary/aromatic N) is 1. The van der Waals surface area contributed by atoms with E-state index in [1.165, 1.54) is 0 Å². The number of rotatable bonds is 3. The molecule has 0 saturated carbocycles. The molecule has 1 rings (SSSR count). The Bertz CT molecular complexity index is 338. The maximum Gasteiger partial charge on any atom is 0.120 e. The third kappa shape index (κ3) is 2.86. The molecule has 1 atom stereocenters. The van der Waals surface area contributed by atoms with Gasteiger partial charge in [0.15, 0.2) is 0 Å². The molecule has 15 heavy (non-hydrogen) atoms. The van der Waals surface area contributed by atoms with Gasteiger partial charge in [0, 0.05) is 22.7 Å². The van der Waals surface area contributed by atoms with Gasteiger partial charge in [0.1, 0.15) is 5.75 Å². The van der Waals surface area contributed by atoms with E-state index < -0.39 is 0 Å². The van der Waals surface area contributed by atoms with Crippen molar-refractivity contribution in [1.82, 2.24) is 4.90 Å². The first-order chi connectivity index (χ1) is 6.93. The molecule has 0 heterocycles. The van der Waals surface area contributed by atoms with Gasteiger partial charge in [0.05, 0.1) is 0 Å². The van der Waals surface area contributed by atoms with E-state index in [1.54, 1.807) is 12.1 Å². The number of halogens is 1. The Balaban J connectivity index is 2.99. The lowest BCUT2D eigenvalue weighted by atomic mass is 10.1. The summed E-state index contributed by atoms with van der Waals surface area (Å²) >= 11 is 5.92. The molecule has 0 amide bonds. The monoisotopic (exact) mass is 227 g/mol. The van der Waals surface area contributed by atoms with Crippen molar-refractivity contribution in [2.75, 3.05) is 7.05 Å². The molecular weight excluding hydrogens is 210 g/mol. The molecule has 0 radical (unpaired) electrons. The van der Waals surface area contributed by atoms with Gasteiger partial charge in [-0.1, -0.05) is 11.6 Å². The minimum absolute atomic E-state index is 0.156. The highest BCUT2D eigenvalue weighted by molar-refractivity contribution is 6.30. The van der Waals surface area contributed by atoms with Crippen LogP contribution in [0, 0.1) is 0 Å². The number of phenols is 1. The quantitative estimate of drug-likeness (QED) is 0.855. The van der Waals surface area contributed by atoms with E-state index in [4.69, 9.17) is 11.6 Å². The molecule has 1 N–H and O–H groups in total. The Morgan fingerprint density at radius 3 is 2.40 bits per heavy atom. The first kappa shape index (κ1) is 12.3. The molecule has 0 aliphatic rings. The van der Waals surface area contributed by atoms with E-state index in [9.17, 15) is 5.11 Å². The molecule has 0 spiro atoms. The van der Waals surface area contributed by atoms with Crippen molar-refractivity contribution in [1.29, 1.82) is 0 Å². The number of hydrogen-bond donors (Lipinski definition) is 1. The van der Waals surface area contributed by atoms with Crippen LogP contribution in [0.25, 0.3) is 0 Å². The van der Waals surface area contributed by atoms with Crippen LogP contribution in [-0.4, -0.2) is 23.1 Å². The molecule has 1 aromatic carbocycles. The normalized spacial score (nSPS) is 13.5. The van der Waals surface area contributed by atoms with Crippen molar-refractivity contribution in [2.24, 2.45) is 0 Å². The van der Waals surface area contributed by atoms with Crippen molar-refractivity contribution in [3.63, 3.8) is 0 Å². The van der Waals surface area contributed by atoms with Gasteiger partial charge in [0.2, 0.25) is 0 Å². The van der Waals surface area contributed by atoms with Crippen LogP contribution in [0.1, 0.15) is 32.4 Å². The largest absolute Gasteiger partial charge is 0.508 e. The molecule has 0 aromatic heterocycles. The first-order valence-corrected chi connectivity index (χ1v) is 5.51. The van der Waals surface area contributed by atoms with Gasteiger partial charge in [0.25, 0.3) is 0 Å². The van der Waals surface area contributed by atoms with E-state index in [2.05, 4.69) is 25.7 Å². The second-order valence-corrected chi connectivity index (χ2v) is 4.57. The van der Waals surface area contributed by atoms with Crippen molar-refractivity contribution in [3.8, 4) is 5.75 Å². The Hall–Kier alpha value is -0.730. The van der Waals surface area contributed by atoms with Crippen molar-refractivity contribution in [2.45, 2.75) is 32.9 Å². The number of benzene rings is 1. The fourth-order valence-electron chi connectivity index (χ4n) is 1.53. The lowest BCUT2D eigenvalue weighted by Gasteiger charge is -2.29. The summed E-state index contributed by atoms with van der Waals surface area (Å²) in [6, 6.07) is 5.74. The molecule has 2 nitrogen and oxygen atoms in total. The molecule has 84 valence electrons. The van der Waals surface area contributed by atoms with E-state index in [0.29, 0.717) is 16.8 Å². The average molecular weight is 228 g/mol. The highest BCUT2D eigenvalue weighted by atomic mass is 35.5. The molecule has 0 aliphatic heterocycles. The van der Waals surface area contributed by atoms with Crippen LogP contribution >= 0.6 is 11.6 Å². The summed E-state index contributed by atoms with van der Waals surface area (Å²) in [6.07, 6.45) is 0. The third-order valence-corrected chi connectivity index (χ3v) is 3.10. The highest BCUT2D eigenvalue weighted by Crippen LogP contribution is 2.30. The van der Waals surface area contributed by atoms with Crippen molar-refractivity contribution >= 4 is 11.6 Å². The van der Waals surface area contributed by atoms with Crippen LogP contribution in [0.3, 0.4) is 0 Å². The van der Waals surface area contributed by atoms with Gasteiger partial charge in [-0.2, -0.15) is 0 Å². The number of phenolic OH excluding ortho intramolecular Hbond substituents is 1. The van der Waals surface area contributed by atoms with Gasteiger partial charge in [-0.25, -0.2) is 0 Å². The lowest BCUT2D eigenvalue weighted by molar-refractivity contribution is 0.207. The summed E-state index contributed by atoms with van der Waals surface area (Å²) in [7, 11) is 2.04. The van der Waals surface area contributed by atoms with E-state index in [1.807, 2.05) is 13.1 Å². The van der Waals surface area contributed by atoms with Gasteiger partial charge >= 0.3 is 0 Å². The molecule has 0 saturated heterocycles. The van der Waals surface area contributed by atoms with Crippen LogP contribution in [-0.2, 0) is 0 Å². The summed E-state index contributed by atoms with van der Waals surface area (Å²) in [6.45, 7) is 6.31. The highest BCUT2D eigenvalue weighted by Gasteiger charge is 2.17. The van der Waals surface area contributed by atoms with Crippen LogP contribution in [0.15, 0.2) is 18.2 Å². The topological polar surface area (TPSA) is 23.5 Å². The fraction of sp³-hybridized carbons (Fsp3) is 0.500. The van der Waals surface area contributed by atoms with Crippen molar-refractivity contribution < 1.29 is 5.11 Å². The lowest BCUT2D eigenvalue weighted by Crippen LogP contribution is -2.29. The predicted octanol–water partition coefficient (Wildman–Crippen LogP) is 3.45. The summed E-state index contributed by atoms with van der Waals surface area (Å²) in [4.78, 5) is 2.19. The van der Waals surface area contributed by atoms with Crippen LogP contribution in [0.2, 0.25) is 5.02 Å². The molecule has 1 aromatic rings. The minimum Gasteiger partial charge on any atom is -0.508 e. The molecule has 0 bridgehead atoms. The molecule has 3 heteroatoms. The van der Waals surface area contributed by atoms with E-state index >= 15 is 0 Å². The zero-order valence-electron chi connectivity index (χ0n) is 9.66. The Labute approximate surface area is 96.5 Å². The predicted molar refractivity (Wildman–Crippen MR) is 64.4 cm³/mol. The molecule has 1 unspecified atom stereocenters. The zero-order valence-corrected chi connectivity index (χ0v) is 10.4. The maximum atomic E-state index is 9.75. The van der Waals surface area contributed by atoms with Gasteiger partial charge < -0.3 is 5.11 Å². The standard InChI is InChI=1S/C12H18ClNO/c1-8(2)14(4)9(3)11-7-10(13)5-6-12(11)15/h5-9,15H,1-4H3. The molecule has 0 fully saturated rings. The van der Waals surface area contributed by atoms with Gasteiger partial charge in [-0.15, -0.1) is 0 Å². The Kier molecular flexibility index (Phi) is 4.00. The summed E-state index contributed by atoms with van der Waals surface area (Å²) < 4.78 is 0. The second kappa shape index (κ2) is 4.86. The van der Waals surface area contributed by atoms with E-state index in [0.717, 1.165) is 5.56 Å². The summed E-state index contributed by atoms with van der Waals surface area (Å²) in [5.74, 6) is 0.305. The fourth-order valence-corrected chi connectivity index (χ4v) is 1.71. The summed E-state index contributed by atoms with van der Waals surface area (Å²) in [5, 5.41) is 10.4. The van der Waals surface area contributed by atoms with Crippen molar-refractivity contribution in [3.05, 3.63) is 28.8 Å². The first-order valence-electron chi connectivity index (χ1n) is 5.13. The van der Waals surface area contributed by atoms with Crippen LogP contribution < -0.4 is 0 Å². The third-order valence-electron chi connectivity index (χ3n) is 2.87. The average Bonchev–Trinajstić information content (AvgIpc) is 2.19. The number of aromatic hydroxyl groups is 1. The summed E-state index contributed by atoms with van der Waals surface area (Å²) in [5.41, 5.74) is 0.874. The van der Waals surface area contributed by atoms with Gasteiger partial charge in [-0.3, -0.25) is 4.90 Å². The van der Waals surface area contributed by atoms with E-state index in [-0.39, 0.29) is 6.04 Å². The van der Waals surface area contributed by atoms with Crippen LogP contribution in [0.4, 0.5) is 0 Å². The Morgan fingerprint density at radius 1 is 1.27 bits per heavy atom. The minimum atomic E-state index is 0.156. The molecule has 0 aliphatic carbocycles. The molecular formula is C12H18ClNO. The Morgan fingerprint density at radius 2 is 1.87 bits per heavy atom. The zero-order chi connectivity index (χ0) is 11.6. The smallest absolute Gasteiger partial charge is 0.120 e.